The maximum Gasteiger partial charge on any atom is 0.300 e. The Labute approximate surface area is 202 Å². The minimum atomic E-state index is -3.49. The smallest absolute Gasteiger partial charge is 0.300 e. The molecule has 1 saturated heterocycles. The van der Waals surface area contributed by atoms with Crippen LogP contribution in [0.2, 0.25) is 0 Å². The summed E-state index contributed by atoms with van der Waals surface area (Å²) in [6.45, 7) is 5.16. The van der Waals surface area contributed by atoms with Crippen molar-refractivity contribution in [3.8, 4) is 18.1 Å². The molecule has 1 aliphatic rings. The highest BCUT2D eigenvalue weighted by atomic mass is 19.3. The van der Waals surface area contributed by atoms with Gasteiger partial charge in [0.25, 0.3) is 0 Å². The van der Waals surface area contributed by atoms with Gasteiger partial charge in [0, 0.05) is 29.6 Å². The molecule has 0 radical (unpaired) electrons. The minimum Gasteiger partial charge on any atom is -0.487 e. The van der Waals surface area contributed by atoms with E-state index >= 15 is 0 Å². The number of nitrogens with one attached hydrogen (secondary N) is 1. The number of anilines is 2. The van der Waals surface area contributed by atoms with Gasteiger partial charge in [-0.05, 0) is 56.7 Å². The lowest BCUT2D eigenvalue weighted by molar-refractivity contribution is -0.168. The van der Waals surface area contributed by atoms with E-state index in [0.717, 1.165) is 20.3 Å². The van der Waals surface area contributed by atoms with Crippen LogP contribution in [0.4, 0.5) is 20.3 Å². The van der Waals surface area contributed by atoms with Crippen molar-refractivity contribution in [1.82, 2.24) is 9.97 Å². The normalized spacial score (nSPS) is 16.3. The van der Waals surface area contributed by atoms with Crippen molar-refractivity contribution in [3.63, 3.8) is 0 Å². The van der Waals surface area contributed by atoms with Crippen LogP contribution in [0.5, 0.6) is 5.75 Å². The number of halogens is 2. The lowest BCUT2D eigenvalue weighted by Crippen LogP contribution is -2.40. The maximum absolute atomic E-state index is 14.7. The van der Waals surface area contributed by atoms with Crippen LogP contribution in [0.3, 0.4) is 0 Å². The quantitative estimate of drug-likeness (QED) is 0.344. The Hall–Kier alpha value is -3.48. The molecule has 1 atom stereocenters. The molecule has 4 rings (SSSR count). The van der Waals surface area contributed by atoms with Crippen molar-refractivity contribution in [2.45, 2.75) is 51.4 Å². The second-order valence-electron chi connectivity index (χ2n) is 9.18. The zero-order chi connectivity index (χ0) is 25.4. The molecular formula is C26H28F2N4O3. The van der Waals surface area contributed by atoms with Crippen LogP contribution in [-0.4, -0.2) is 40.0 Å². The van der Waals surface area contributed by atoms with E-state index in [9.17, 15) is 13.9 Å². The predicted molar refractivity (Wildman–Crippen MR) is 130 cm³/mol. The molecule has 184 valence electrons. The molecule has 0 amide bonds. The van der Waals surface area contributed by atoms with Crippen molar-refractivity contribution in [3.05, 3.63) is 52.8 Å². The van der Waals surface area contributed by atoms with Gasteiger partial charge in [-0.1, -0.05) is 5.92 Å². The van der Waals surface area contributed by atoms with Crippen LogP contribution >= 0.6 is 0 Å². The van der Waals surface area contributed by atoms with Crippen LogP contribution in [0, 0.1) is 19.3 Å². The number of ether oxygens (including phenoxy) is 2. The summed E-state index contributed by atoms with van der Waals surface area (Å²) in [5.41, 5.74) is 5.16. The van der Waals surface area contributed by atoms with Gasteiger partial charge in [-0.3, -0.25) is 0 Å². The first kappa shape index (κ1) is 24.6. The molecule has 0 bridgehead atoms. The van der Waals surface area contributed by atoms with Gasteiger partial charge < -0.3 is 25.6 Å². The Kier molecular flexibility index (Phi) is 6.54. The van der Waals surface area contributed by atoms with Gasteiger partial charge in [-0.15, -0.1) is 6.42 Å². The third-order valence-corrected chi connectivity index (χ3v) is 5.85. The minimum absolute atomic E-state index is 0.0921. The number of nitrogens with zero attached hydrogens (tertiary/aromatic N) is 2. The Morgan fingerprint density at radius 3 is 2.69 bits per heavy atom. The van der Waals surface area contributed by atoms with Gasteiger partial charge in [0.2, 0.25) is 0 Å². The highest BCUT2D eigenvalue weighted by molar-refractivity contribution is 5.91. The Balaban J connectivity index is 1.67. The third-order valence-electron chi connectivity index (χ3n) is 5.85. The molecule has 9 heteroatoms. The van der Waals surface area contributed by atoms with Crippen LogP contribution in [-0.2, 0) is 17.2 Å². The van der Waals surface area contributed by atoms with E-state index in [0.29, 0.717) is 52.6 Å². The summed E-state index contributed by atoms with van der Waals surface area (Å²) in [7, 11) is 0. The lowest BCUT2D eigenvalue weighted by Gasteiger charge is -2.29. The number of nitrogen functional groups attached to an aromatic ring is 1. The van der Waals surface area contributed by atoms with Gasteiger partial charge in [0.05, 0.1) is 24.3 Å². The zero-order valence-electron chi connectivity index (χ0n) is 19.9. The highest BCUT2D eigenvalue weighted by Crippen LogP contribution is 2.40. The summed E-state index contributed by atoms with van der Waals surface area (Å²) in [6.07, 6.45) is 6.39. The first-order valence-electron chi connectivity index (χ1n) is 11.3. The van der Waals surface area contributed by atoms with Gasteiger partial charge in [0.1, 0.15) is 29.1 Å². The lowest BCUT2D eigenvalue weighted by atomic mass is 9.92. The average Bonchev–Trinajstić information content (AvgIpc) is 3.29. The van der Waals surface area contributed by atoms with E-state index < -0.39 is 11.5 Å². The molecule has 2 aromatic carbocycles. The molecule has 0 spiro atoms. The van der Waals surface area contributed by atoms with Gasteiger partial charge >= 0.3 is 5.92 Å². The molecular weight excluding hydrogens is 454 g/mol. The Morgan fingerprint density at radius 1 is 1.26 bits per heavy atom. The first-order valence-corrected chi connectivity index (χ1v) is 11.3. The van der Waals surface area contributed by atoms with Crippen LogP contribution in [0.25, 0.3) is 10.9 Å². The number of hydrogen-bond donors (Lipinski definition) is 3. The predicted octanol–water partition coefficient (Wildman–Crippen LogP) is 4.14. The topological polar surface area (TPSA) is 103 Å². The maximum atomic E-state index is 14.7. The first-order chi connectivity index (χ1) is 16.5. The summed E-state index contributed by atoms with van der Waals surface area (Å²) < 4.78 is 41.0. The SMILES string of the molecule is C#Cc1cc2nc(C)nc(NCc3cc(N)cc(C(F)(F)C(C)(C)O)c3)c2cc1O[C@H]1CCOC1. The molecule has 2 heterocycles. The number of terminal acetylenes is 1. The van der Waals surface area contributed by atoms with E-state index in [-0.39, 0.29) is 23.9 Å². The largest absolute Gasteiger partial charge is 0.487 e. The molecule has 4 N–H and O–H groups in total. The van der Waals surface area contributed by atoms with Crippen molar-refractivity contribution in [1.29, 1.82) is 0 Å². The fourth-order valence-electron chi connectivity index (χ4n) is 3.94. The average molecular weight is 483 g/mol. The van der Waals surface area contributed by atoms with Gasteiger partial charge in [-0.25, -0.2) is 9.97 Å². The number of rotatable bonds is 7. The van der Waals surface area contributed by atoms with Crippen LogP contribution < -0.4 is 15.8 Å². The number of alkyl halides is 2. The van der Waals surface area contributed by atoms with Gasteiger partial charge in [0.15, 0.2) is 0 Å². The van der Waals surface area contributed by atoms with E-state index in [4.69, 9.17) is 21.6 Å². The summed E-state index contributed by atoms with van der Waals surface area (Å²) in [6, 6.07) is 7.64. The van der Waals surface area contributed by atoms with E-state index in [1.165, 1.54) is 12.1 Å². The van der Waals surface area contributed by atoms with Crippen molar-refractivity contribution in [2.24, 2.45) is 0 Å². The number of fused-ring (bicyclic) bond motifs is 1. The summed E-state index contributed by atoms with van der Waals surface area (Å²) in [5, 5.41) is 13.8. The molecule has 0 aliphatic carbocycles. The number of aliphatic hydroxyl groups is 1. The second kappa shape index (κ2) is 9.29. The molecule has 35 heavy (non-hydrogen) atoms. The Morgan fingerprint density at radius 2 is 2.03 bits per heavy atom. The summed E-state index contributed by atoms with van der Waals surface area (Å²) >= 11 is 0. The van der Waals surface area contributed by atoms with Gasteiger partial charge in [-0.2, -0.15) is 8.78 Å². The molecule has 0 unspecified atom stereocenters. The third kappa shape index (κ3) is 5.14. The van der Waals surface area contributed by atoms with Crippen molar-refractivity contribution < 1.29 is 23.4 Å². The van der Waals surface area contributed by atoms with E-state index in [2.05, 4.69) is 21.2 Å². The molecule has 1 fully saturated rings. The fourth-order valence-corrected chi connectivity index (χ4v) is 3.94. The second-order valence-corrected chi connectivity index (χ2v) is 9.18. The number of benzene rings is 2. The molecule has 7 nitrogen and oxygen atoms in total. The molecule has 1 aliphatic heterocycles. The van der Waals surface area contributed by atoms with E-state index in [1.807, 2.05) is 0 Å². The number of nitrogens with two attached hydrogens (primary N) is 1. The number of hydrogen-bond acceptors (Lipinski definition) is 7. The molecule has 1 aromatic heterocycles. The monoisotopic (exact) mass is 482 g/mol. The van der Waals surface area contributed by atoms with Crippen molar-refractivity contribution in [2.75, 3.05) is 24.3 Å². The van der Waals surface area contributed by atoms with Crippen LogP contribution in [0.1, 0.15) is 42.8 Å². The summed E-state index contributed by atoms with van der Waals surface area (Å²) in [4.78, 5) is 8.99. The van der Waals surface area contributed by atoms with Crippen molar-refractivity contribution >= 4 is 22.4 Å². The molecule has 0 saturated carbocycles. The molecule has 3 aromatic rings. The highest BCUT2D eigenvalue weighted by Gasteiger charge is 2.47. The Bertz CT molecular complexity index is 1290. The number of aryl methyl sites for hydroxylation is 1. The fraction of sp³-hybridized carbons (Fsp3) is 0.385. The van der Waals surface area contributed by atoms with Crippen LogP contribution in [0.15, 0.2) is 30.3 Å². The van der Waals surface area contributed by atoms with E-state index in [1.54, 1.807) is 25.1 Å². The number of aromatic nitrogens is 2. The summed E-state index contributed by atoms with van der Waals surface area (Å²) in [5.74, 6) is 0.704. The standard InChI is InChI=1S/C26H28F2N4O3/c1-5-17-10-22-21(12-23(17)35-20-6-7-34-14-20)24(32-15(2)31-22)30-13-16-8-18(11-19(29)9-16)26(27,28)25(3,4)33/h1,8-12,20,33H,6-7,13-14,29H2,2-4H3,(H,30,31,32)/t20-/m0/s1. The zero-order valence-corrected chi connectivity index (χ0v) is 19.9.